The normalized spacial score (nSPS) is 10.9. The van der Waals surface area contributed by atoms with Crippen molar-refractivity contribution in [2.75, 3.05) is 0 Å². The van der Waals surface area contributed by atoms with Crippen molar-refractivity contribution in [1.82, 2.24) is 4.57 Å². The molecule has 0 aliphatic carbocycles. The maximum absolute atomic E-state index is 13.1. The number of carbonyl (C=O) groups excluding carboxylic acids is 1. The highest BCUT2D eigenvalue weighted by atomic mass is 19.1. The first kappa shape index (κ1) is 9.90. The number of aromatic nitrogens is 1. The van der Waals surface area contributed by atoms with E-state index >= 15 is 0 Å². The minimum Gasteiger partial charge on any atom is -0.347 e. The Morgan fingerprint density at radius 1 is 1.47 bits per heavy atom. The number of rotatable bonds is 2. The molecule has 0 spiro atoms. The molecule has 0 aliphatic heterocycles. The van der Waals surface area contributed by atoms with Gasteiger partial charge >= 0.3 is 0 Å². The van der Waals surface area contributed by atoms with Crippen LogP contribution in [0.15, 0.2) is 24.4 Å². The standard InChI is InChI=1S/C12H12FNO/c1-3-14-7-11(8(2)15)10-5-4-9(13)6-12(10)14/h4-7H,3H2,1-2H3. The molecule has 1 aromatic heterocycles. The molecule has 0 aliphatic rings. The number of hydrogen-bond acceptors (Lipinski definition) is 1. The molecule has 0 N–H and O–H groups in total. The summed E-state index contributed by atoms with van der Waals surface area (Å²) in [5.41, 5.74) is 1.44. The number of hydrogen-bond donors (Lipinski definition) is 0. The fourth-order valence-corrected chi connectivity index (χ4v) is 1.81. The van der Waals surface area contributed by atoms with Gasteiger partial charge in [0.25, 0.3) is 0 Å². The van der Waals surface area contributed by atoms with E-state index in [1.807, 2.05) is 11.5 Å². The van der Waals surface area contributed by atoms with Gasteiger partial charge in [-0.15, -0.1) is 0 Å². The van der Waals surface area contributed by atoms with Crippen LogP contribution in [-0.4, -0.2) is 10.4 Å². The fraction of sp³-hybridized carbons (Fsp3) is 0.250. The lowest BCUT2D eigenvalue weighted by molar-refractivity contribution is 0.101. The SMILES string of the molecule is CCn1cc(C(C)=O)c2ccc(F)cc21. The van der Waals surface area contributed by atoms with E-state index in [9.17, 15) is 9.18 Å². The summed E-state index contributed by atoms with van der Waals surface area (Å²) in [6.45, 7) is 4.22. The highest BCUT2D eigenvalue weighted by molar-refractivity contribution is 6.06. The van der Waals surface area contributed by atoms with Crippen LogP contribution in [0.1, 0.15) is 24.2 Å². The minimum atomic E-state index is -0.273. The Morgan fingerprint density at radius 2 is 2.20 bits per heavy atom. The van der Waals surface area contributed by atoms with Crippen LogP contribution < -0.4 is 0 Å². The lowest BCUT2D eigenvalue weighted by Gasteiger charge is -1.99. The average Bonchev–Trinajstić information content (AvgIpc) is 2.55. The Labute approximate surface area is 87.3 Å². The Kier molecular flexibility index (Phi) is 2.31. The summed E-state index contributed by atoms with van der Waals surface area (Å²) in [7, 11) is 0. The number of Topliss-reactive ketones (excluding diaryl/α,β-unsaturated/α-hetero) is 1. The molecule has 0 saturated heterocycles. The molecule has 0 saturated carbocycles. The highest BCUT2D eigenvalue weighted by Crippen LogP contribution is 2.22. The van der Waals surface area contributed by atoms with E-state index < -0.39 is 0 Å². The van der Waals surface area contributed by atoms with E-state index in [1.165, 1.54) is 19.1 Å². The molecule has 15 heavy (non-hydrogen) atoms. The summed E-state index contributed by atoms with van der Waals surface area (Å²) in [6.07, 6.45) is 1.78. The molecule has 0 unspecified atom stereocenters. The molecule has 0 amide bonds. The van der Waals surface area contributed by atoms with Crippen LogP contribution in [0.5, 0.6) is 0 Å². The maximum Gasteiger partial charge on any atom is 0.161 e. The Morgan fingerprint density at radius 3 is 2.80 bits per heavy atom. The van der Waals surface area contributed by atoms with Crippen molar-refractivity contribution in [3.8, 4) is 0 Å². The number of aryl methyl sites for hydroxylation is 1. The molecular formula is C12H12FNO. The second-order valence-electron chi connectivity index (χ2n) is 3.55. The molecule has 0 radical (unpaired) electrons. The molecule has 0 fully saturated rings. The molecule has 2 aromatic rings. The molecular weight excluding hydrogens is 193 g/mol. The van der Waals surface area contributed by atoms with Crippen molar-refractivity contribution in [3.05, 3.63) is 35.8 Å². The number of carbonyl (C=O) groups is 1. The Hall–Kier alpha value is -1.64. The highest BCUT2D eigenvalue weighted by Gasteiger charge is 2.11. The van der Waals surface area contributed by atoms with Gasteiger partial charge in [0.15, 0.2) is 5.78 Å². The van der Waals surface area contributed by atoms with Crippen LogP contribution >= 0.6 is 0 Å². The van der Waals surface area contributed by atoms with E-state index in [-0.39, 0.29) is 11.6 Å². The van der Waals surface area contributed by atoms with Gasteiger partial charge in [-0.2, -0.15) is 0 Å². The van der Waals surface area contributed by atoms with Crippen molar-refractivity contribution in [2.24, 2.45) is 0 Å². The first-order chi connectivity index (χ1) is 7.13. The molecule has 78 valence electrons. The third-order valence-corrected chi connectivity index (χ3v) is 2.56. The van der Waals surface area contributed by atoms with Crippen LogP contribution in [0.4, 0.5) is 4.39 Å². The molecule has 3 heteroatoms. The number of ketones is 1. The number of benzene rings is 1. The summed E-state index contributed by atoms with van der Waals surface area (Å²) in [5.74, 6) is -0.260. The molecule has 1 aromatic carbocycles. The smallest absolute Gasteiger partial charge is 0.161 e. The summed E-state index contributed by atoms with van der Waals surface area (Å²) >= 11 is 0. The average molecular weight is 205 g/mol. The van der Waals surface area contributed by atoms with Crippen LogP contribution in [0.2, 0.25) is 0 Å². The van der Waals surface area contributed by atoms with Gasteiger partial charge in [0.1, 0.15) is 5.82 Å². The summed E-state index contributed by atoms with van der Waals surface area (Å²) < 4.78 is 14.9. The zero-order valence-corrected chi connectivity index (χ0v) is 8.75. The number of fused-ring (bicyclic) bond motifs is 1. The van der Waals surface area contributed by atoms with Gasteiger partial charge in [0.2, 0.25) is 0 Å². The van der Waals surface area contributed by atoms with Crippen molar-refractivity contribution in [1.29, 1.82) is 0 Å². The summed E-state index contributed by atoms with van der Waals surface area (Å²) in [4.78, 5) is 11.4. The minimum absolute atomic E-state index is 0.0128. The lowest BCUT2D eigenvalue weighted by Crippen LogP contribution is -1.91. The number of nitrogens with zero attached hydrogens (tertiary/aromatic N) is 1. The van der Waals surface area contributed by atoms with Gasteiger partial charge in [0.05, 0.1) is 5.52 Å². The van der Waals surface area contributed by atoms with Crippen molar-refractivity contribution < 1.29 is 9.18 Å². The third kappa shape index (κ3) is 1.54. The zero-order chi connectivity index (χ0) is 11.0. The first-order valence-corrected chi connectivity index (χ1v) is 4.92. The van der Waals surface area contributed by atoms with Crippen LogP contribution in [0, 0.1) is 5.82 Å². The van der Waals surface area contributed by atoms with Crippen LogP contribution in [0.25, 0.3) is 10.9 Å². The van der Waals surface area contributed by atoms with Crippen LogP contribution in [0.3, 0.4) is 0 Å². The second-order valence-corrected chi connectivity index (χ2v) is 3.55. The molecule has 1 heterocycles. The van der Waals surface area contributed by atoms with Crippen molar-refractivity contribution >= 4 is 16.7 Å². The topological polar surface area (TPSA) is 22.0 Å². The summed E-state index contributed by atoms with van der Waals surface area (Å²) in [5, 5.41) is 0.825. The van der Waals surface area contributed by atoms with E-state index in [0.29, 0.717) is 5.56 Å². The van der Waals surface area contributed by atoms with E-state index in [2.05, 4.69) is 0 Å². The van der Waals surface area contributed by atoms with Crippen LogP contribution in [-0.2, 0) is 6.54 Å². The number of halogens is 1. The van der Waals surface area contributed by atoms with Gasteiger partial charge in [-0.25, -0.2) is 4.39 Å². The van der Waals surface area contributed by atoms with Crippen molar-refractivity contribution in [2.45, 2.75) is 20.4 Å². The molecule has 2 nitrogen and oxygen atoms in total. The summed E-state index contributed by atoms with van der Waals surface area (Å²) in [6, 6.07) is 4.51. The Bertz CT molecular complexity index is 528. The molecule has 2 rings (SSSR count). The first-order valence-electron chi connectivity index (χ1n) is 4.92. The van der Waals surface area contributed by atoms with E-state index in [1.54, 1.807) is 12.3 Å². The Balaban J connectivity index is 2.81. The largest absolute Gasteiger partial charge is 0.347 e. The van der Waals surface area contributed by atoms with Gasteiger partial charge in [-0.05, 0) is 32.0 Å². The quantitative estimate of drug-likeness (QED) is 0.691. The van der Waals surface area contributed by atoms with Gasteiger partial charge < -0.3 is 4.57 Å². The van der Waals surface area contributed by atoms with Gasteiger partial charge in [-0.1, -0.05) is 0 Å². The van der Waals surface area contributed by atoms with Gasteiger partial charge in [0, 0.05) is 23.7 Å². The van der Waals surface area contributed by atoms with E-state index in [4.69, 9.17) is 0 Å². The molecule has 0 bridgehead atoms. The predicted molar refractivity (Wildman–Crippen MR) is 57.6 cm³/mol. The van der Waals surface area contributed by atoms with Crippen molar-refractivity contribution in [3.63, 3.8) is 0 Å². The maximum atomic E-state index is 13.1. The third-order valence-electron chi connectivity index (χ3n) is 2.56. The van der Waals surface area contributed by atoms with E-state index in [0.717, 1.165) is 17.4 Å². The fourth-order valence-electron chi connectivity index (χ4n) is 1.81. The molecule has 0 atom stereocenters. The lowest BCUT2D eigenvalue weighted by atomic mass is 10.1. The predicted octanol–water partition coefficient (Wildman–Crippen LogP) is 3.00. The monoisotopic (exact) mass is 205 g/mol. The zero-order valence-electron chi connectivity index (χ0n) is 8.75. The van der Waals surface area contributed by atoms with Gasteiger partial charge in [-0.3, -0.25) is 4.79 Å². The second kappa shape index (κ2) is 3.50.